The number of benzene rings is 2. The molecule has 1 aliphatic rings. The van der Waals surface area contributed by atoms with Gasteiger partial charge in [-0.25, -0.2) is 4.79 Å². The first kappa shape index (κ1) is 29.8. The van der Waals surface area contributed by atoms with Gasteiger partial charge in [-0.2, -0.15) is 44.5 Å². The molecule has 39 heavy (non-hydrogen) atoms. The van der Waals surface area contributed by atoms with Crippen molar-refractivity contribution < 1.29 is 58.6 Å². The number of amides is 2. The van der Waals surface area contributed by atoms with Crippen molar-refractivity contribution in [3.8, 4) is 0 Å². The Morgan fingerprint density at radius 1 is 0.949 bits per heavy atom. The molecule has 2 amide bonds. The van der Waals surface area contributed by atoms with E-state index in [4.69, 9.17) is 0 Å². The number of rotatable bonds is 5. The largest absolute Gasteiger partial charge is 0.490 e. The fourth-order valence-electron chi connectivity index (χ4n) is 3.15. The number of esters is 1. The Hall–Kier alpha value is -3.76. The Bertz CT molecular complexity index is 1260. The number of nitrogens with one attached hydrogen (secondary N) is 1. The van der Waals surface area contributed by atoms with Crippen molar-refractivity contribution in [3.63, 3.8) is 0 Å². The first-order valence-corrected chi connectivity index (χ1v) is 11.2. The highest BCUT2D eigenvalue weighted by Gasteiger charge is 2.49. The number of para-hydroxylation sites is 1. The highest BCUT2D eigenvalue weighted by molar-refractivity contribution is 8.15. The zero-order chi connectivity index (χ0) is 29.3. The number of hydrogen-bond acceptors (Lipinski definition) is 6. The minimum absolute atomic E-state index is 0.133. The Kier molecular flexibility index (Phi) is 8.23. The lowest BCUT2D eigenvalue weighted by molar-refractivity contribution is -0.205. The topological polar surface area (TPSA) is 88.1 Å². The van der Waals surface area contributed by atoms with Crippen LogP contribution in [0.3, 0.4) is 0 Å². The van der Waals surface area contributed by atoms with Gasteiger partial charge in [0.05, 0.1) is 11.1 Å². The molecule has 2 atom stereocenters. The first-order chi connectivity index (χ1) is 17.9. The summed E-state index contributed by atoms with van der Waals surface area (Å²) < 4.78 is 122. The van der Waals surface area contributed by atoms with Crippen LogP contribution in [0, 0.1) is 0 Å². The minimum atomic E-state index is -5.57. The molecule has 17 heteroatoms. The van der Waals surface area contributed by atoms with Gasteiger partial charge in [-0.1, -0.05) is 30.0 Å². The lowest BCUT2D eigenvalue weighted by atomic mass is 10.1. The van der Waals surface area contributed by atoms with Crippen molar-refractivity contribution in [2.24, 2.45) is 4.99 Å². The van der Waals surface area contributed by atoms with Crippen LogP contribution in [0.5, 0.6) is 0 Å². The molecule has 3 rings (SSSR count). The Morgan fingerprint density at radius 2 is 1.49 bits per heavy atom. The van der Waals surface area contributed by atoms with Crippen molar-refractivity contribution in [2.45, 2.75) is 29.9 Å². The quantitative estimate of drug-likeness (QED) is 0.379. The molecule has 210 valence electrons. The van der Waals surface area contributed by atoms with Gasteiger partial charge in [0.1, 0.15) is 5.25 Å². The van der Waals surface area contributed by atoms with E-state index in [1.165, 1.54) is 24.3 Å². The number of carbonyl (C=O) groups excluding carboxylic acids is 3. The van der Waals surface area contributed by atoms with E-state index in [9.17, 15) is 53.9 Å². The van der Waals surface area contributed by atoms with Crippen LogP contribution in [0.1, 0.15) is 11.1 Å². The summed E-state index contributed by atoms with van der Waals surface area (Å²) >= 11 is 0.177. The van der Waals surface area contributed by atoms with Crippen LogP contribution in [0.25, 0.3) is 0 Å². The second-order valence-electron chi connectivity index (χ2n) is 7.77. The molecule has 1 heterocycles. The predicted octanol–water partition coefficient (Wildman–Crippen LogP) is 5.27. The number of likely N-dealkylation sites (N-methyl/N-ethyl adjacent to an activating group) is 1. The van der Waals surface area contributed by atoms with Gasteiger partial charge in [0.25, 0.3) is 11.8 Å². The van der Waals surface area contributed by atoms with Crippen LogP contribution in [-0.4, -0.2) is 47.5 Å². The maximum atomic E-state index is 13.1. The van der Waals surface area contributed by atoms with Crippen molar-refractivity contribution in [3.05, 3.63) is 59.7 Å². The number of anilines is 2. The number of carbonyl (C=O) groups is 3. The number of ether oxygens (including phenoxy) is 1. The maximum Gasteiger partial charge on any atom is 0.490 e. The molecule has 0 aliphatic carbocycles. The van der Waals surface area contributed by atoms with Crippen LogP contribution in [0.2, 0.25) is 0 Å². The van der Waals surface area contributed by atoms with E-state index in [-0.39, 0.29) is 35.6 Å². The third kappa shape index (κ3) is 7.21. The summed E-state index contributed by atoms with van der Waals surface area (Å²) in [6, 6.07) is 7.67. The Balaban J connectivity index is 1.91. The zero-order valence-electron chi connectivity index (χ0n) is 19.1. The normalized spacial score (nSPS) is 16.9. The van der Waals surface area contributed by atoms with Gasteiger partial charge in [0, 0.05) is 18.4 Å². The summed E-state index contributed by atoms with van der Waals surface area (Å²) in [5.74, 6) is -5.44. The van der Waals surface area contributed by atoms with E-state index < -0.39 is 69.6 Å². The number of alkyl halides is 9. The molecule has 0 fully saturated rings. The molecule has 0 spiro atoms. The fraction of sp³-hybridized carbons (Fsp3) is 0.273. The average molecular weight is 587 g/mol. The molecule has 2 aromatic carbocycles. The Labute approximate surface area is 217 Å². The van der Waals surface area contributed by atoms with Crippen molar-refractivity contribution in [2.75, 3.05) is 17.3 Å². The number of aliphatic imine (C=N–C) groups is 1. The minimum Gasteiger partial charge on any atom is -0.444 e. The molecular weight excluding hydrogens is 573 g/mol. The standard InChI is InChI=1S/C22H14F9N3O4S/c1-34(13-5-3-2-4-6-13)17(36)14(38-18(37)22(29,30)31)15-16(35)33-19(39-15)32-12-8-10(20(23,24)25)7-11(9-12)21(26,27)28/h2-9,14-15H,1H3,(H,32,33,35). The molecule has 0 radical (unpaired) electrons. The third-order valence-corrected chi connectivity index (χ3v) is 6.11. The number of nitrogens with zero attached hydrogens (tertiary/aromatic N) is 2. The number of amidine groups is 1. The lowest BCUT2D eigenvalue weighted by Crippen LogP contribution is -2.48. The third-order valence-electron chi connectivity index (χ3n) is 4.99. The summed E-state index contributed by atoms with van der Waals surface area (Å²) in [5, 5.41) is -0.537. The van der Waals surface area contributed by atoms with Crippen LogP contribution in [0.4, 0.5) is 50.9 Å². The highest BCUT2D eigenvalue weighted by atomic mass is 32.2. The summed E-state index contributed by atoms with van der Waals surface area (Å²) in [4.78, 5) is 41.2. The van der Waals surface area contributed by atoms with E-state index in [1.807, 2.05) is 0 Å². The van der Waals surface area contributed by atoms with Crippen LogP contribution in [-0.2, 0) is 31.5 Å². The molecule has 1 N–H and O–H groups in total. The number of halogens is 9. The fourth-order valence-corrected chi connectivity index (χ4v) is 4.16. The van der Waals surface area contributed by atoms with Crippen LogP contribution >= 0.6 is 11.8 Å². The van der Waals surface area contributed by atoms with E-state index >= 15 is 0 Å². The molecular formula is C22H14F9N3O4S. The Morgan fingerprint density at radius 3 is 1.97 bits per heavy atom. The molecule has 0 aromatic heterocycles. The van der Waals surface area contributed by atoms with E-state index in [1.54, 1.807) is 6.07 Å². The van der Waals surface area contributed by atoms with Gasteiger partial charge in [-0.3, -0.25) is 9.59 Å². The monoisotopic (exact) mass is 587 g/mol. The molecule has 0 bridgehead atoms. The molecule has 0 saturated heterocycles. The molecule has 2 unspecified atom stereocenters. The van der Waals surface area contributed by atoms with E-state index in [0.717, 1.165) is 11.9 Å². The SMILES string of the molecule is CN(C(=O)C(OC(=O)C(F)(F)F)C1SC(Nc2cc(C(F)(F)F)cc(C(F)(F)F)c2)=NC1=O)c1ccccc1. The van der Waals surface area contributed by atoms with Crippen LogP contribution < -0.4 is 10.2 Å². The smallest absolute Gasteiger partial charge is 0.444 e. The molecule has 2 aromatic rings. The van der Waals surface area contributed by atoms with Crippen LogP contribution in [0.15, 0.2) is 53.5 Å². The summed E-state index contributed by atoms with van der Waals surface area (Å²) in [6.07, 6.45) is -18.4. The first-order valence-electron chi connectivity index (χ1n) is 10.3. The summed E-state index contributed by atoms with van der Waals surface area (Å²) in [6.45, 7) is 0. The highest BCUT2D eigenvalue weighted by Crippen LogP contribution is 2.38. The molecule has 1 aliphatic heterocycles. The summed E-state index contributed by atoms with van der Waals surface area (Å²) in [5.41, 5.74) is -4.06. The molecule has 7 nitrogen and oxygen atoms in total. The molecule has 0 saturated carbocycles. The predicted molar refractivity (Wildman–Crippen MR) is 120 cm³/mol. The van der Waals surface area contributed by atoms with E-state index in [2.05, 4.69) is 15.0 Å². The van der Waals surface area contributed by atoms with Gasteiger partial charge < -0.3 is 15.0 Å². The lowest BCUT2D eigenvalue weighted by Gasteiger charge is -2.26. The van der Waals surface area contributed by atoms with Crippen molar-refractivity contribution in [1.82, 2.24) is 0 Å². The number of hydrogen-bond donors (Lipinski definition) is 1. The van der Waals surface area contributed by atoms with Crippen molar-refractivity contribution >= 4 is 46.1 Å². The van der Waals surface area contributed by atoms with Gasteiger partial charge in [0.15, 0.2) is 5.17 Å². The zero-order valence-corrected chi connectivity index (χ0v) is 19.9. The second-order valence-corrected chi connectivity index (χ2v) is 8.90. The van der Waals surface area contributed by atoms with E-state index in [0.29, 0.717) is 0 Å². The van der Waals surface area contributed by atoms with Gasteiger partial charge in [-0.05, 0) is 30.3 Å². The van der Waals surface area contributed by atoms with Crippen molar-refractivity contribution in [1.29, 1.82) is 0 Å². The number of thioether (sulfide) groups is 1. The average Bonchev–Trinajstić information content (AvgIpc) is 3.19. The van der Waals surface area contributed by atoms with Gasteiger partial charge in [-0.15, -0.1) is 0 Å². The second kappa shape index (κ2) is 10.8. The van der Waals surface area contributed by atoms with Gasteiger partial charge >= 0.3 is 24.5 Å². The summed E-state index contributed by atoms with van der Waals surface area (Å²) in [7, 11) is 1.11. The maximum absolute atomic E-state index is 13.1. The van der Waals surface area contributed by atoms with Gasteiger partial charge in [0.2, 0.25) is 6.10 Å².